The Morgan fingerprint density at radius 1 is 0.941 bits per heavy atom. The first-order valence-electron chi connectivity index (χ1n) is 12.5. The third kappa shape index (κ3) is 5.28. The van der Waals surface area contributed by atoms with Gasteiger partial charge in [-0.05, 0) is 35.2 Å². The van der Waals surface area contributed by atoms with Gasteiger partial charge in [0.1, 0.15) is 0 Å². The number of fused-ring (bicyclic) bond motifs is 2. The minimum atomic E-state index is -0.568. The van der Waals surface area contributed by atoms with Crippen LogP contribution in [0.25, 0.3) is 0 Å². The zero-order valence-corrected chi connectivity index (χ0v) is 20.2. The van der Waals surface area contributed by atoms with Crippen molar-refractivity contribution in [2.75, 3.05) is 71.0 Å². The van der Waals surface area contributed by atoms with Crippen LogP contribution in [0.4, 0.5) is 5.69 Å². The standard InChI is InChI=1S/C27H36N4O3/c1-28-10-11-31(20-24(32)19-30-9-8-22-4-2-3-5-23(22)18-30)27(33)25-7-6-21(16-26(25)28)17-29-12-14-34-15-13-29/h2-7,16,24,32H,8-15,17-20H2,1H3/t24-/m1/s1. The van der Waals surface area contributed by atoms with Crippen molar-refractivity contribution >= 4 is 11.6 Å². The van der Waals surface area contributed by atoms with Gasteiger partial charge in [-0.3, -0.25) is 14.6 Å². The maximum atomic E-state index is 13.4. The van der Waals surface area contributed by atoms with Crippen LogP contribution in [0, 0.1) is 0 Å². The summed E-state index contributed by atoms with van der Waals surface area (Å²) in [5.41, 5.74) is 5.68. The molecule has 1 amide bonds. The Hall–Kier alpha value is -2.45. The Bertz CT molecular complexity index is 1010. The van der Waals surface area contributed by atoms with Gasteiger partial charge in [0.05, 0.1) is 24.9 Å². The molecule has 0 saturated carbocycles. The van der Waals surface area contributed by atoms with E-state index >= 15 is 0 Å². The number of hydrogen-bond acceptors (Lipinski definition) is 6. The molecule has 0 spiro atoms. The second-order valence-corrected chi connectivity index (χ2v) is 9.82. The topological polar surface area (TPSA) is 59.5 Å². The molecule has 1 atom stereocenters. The number of ether oxygens (including phenoxy) is 1. The third-order valence-electron chi connectivity index (χ3n) is 7.32. The quantitative estimate of drug-likeness (QED) is 0.704. The van der Waals surface area contributed by atoms with E-state index in [1.54, 1.807) is 0 Å². The van der Waals surface area contributed by atoms with Crippen LogP contribution in [0.1, 0.15) is 27.0 Å². The Kier molecular flexibility index (Phi) is 7.15. The van der Waals surface area contributed by atoms with E-state index in [9.17, 15) is 9.90 Å². The number of β-amino-alcohol motifs (C(OH)–C–C–N with tert-alkyl or cyclic N) is 1. The van der Waals surface area contributed by atoms with Crippen LogP contribution in [-0.2, 0) is 24.2 Å². The minimum Gasteiger partial charge on any atom is -0.390 e. The molecule has 0 aliphatic carbocycles. The van der Waals surface area contributed by atoms with Crippen molar-refractivity contribution in [3.05, 3.63) is 64.7 Å². The zero-order valence-electron chi connectivity index (χ0n) is 20.2. The molecule has 5 rings (SSSR count). The summed E-state index contributed by atoms with van der Waals surface area (Å²) >= 11 is 0. The summed E-state index contributed by atoms with van der Waals surface area (Å²) < 4.78 is 5.46. The van der Waals surface area contributed by atoms with Gasteiger partial charge in [-0.2, -0.15) is 0 Å². The molecule has 3 heterocycles. The molecule has 34 heavy (non-hydrogen) atoms. The zero-order chi connectivity index (χ0) is 23.5. The number of likely N-dealkylation sites (N-methyl/N-ethyl adjacent to an activating group) is 1. The maximum absolute atomic E-state index is 13.4. The summed E-state index contributed by atoms with van der Waals surface area (Å²) in [7, 11) is 2.05. The van der Waals surface area contributed by atoms with E-state index in [0.29, 0.717) is 19.6 Å². The molecule has 1 saturated heterocycles. The van der Waals surface area contributed by atoms with Gasteiger partial charge in [0.2, 0.25) is 0 Å². The second-order valence-electron chi connectivity index (χ2n) is 9.82. The summed E-state index contributed by atoms with van der Waals surface area (Å²) in [4.78, 5) is 22.1. The van der Waals surface area contributed by atoms with E-state index < -0.39 is 6.10 Å². The van der Waals surface area contributed by atoms with E-state index in [2.05, 4.69) is 58.1 Å². The van der Waals surface area contributed by atoms with Gasteiger partial charge in [0.15, 0.2) is 0 Å². The van der Waals surface area contributed by atoms with Crippen molar-refractivity contribution in [3.8, 4) is 0 Å². The minimum absolute atomic E-state index is 0.0142. The largest absolute Gasteiger partial charge is 0.390 e. The Labute approximate surface area is 202 Å². The third-order valence-corrected chi connectivity index (χ3v) is 7.32. The van der Waals surface area contributed by atoms with E-state index in [4.69, 9.17) is 4.74 Å². The highest BCUT2D eigenvalue weighted by Crippen LogP contribution is 2.27. The molecule has 1 fully saturated rings. The van der Waals surface area contributed by atoms with Crippen LogP contribution in [0.3, 0.4) is 0 Å². The average molecular weight is 465 g/mol. The number of benzene rings is 2. The summed E-state index contributed by atoms with van der Waals surface area (Å²) in [5.74, 6) is 0.0142. The SMILES string of the molecule is CN1CCN(C[C@H](O)CN2CCc3ccccc3C2)C(=O)c2ccc(CN3CCOCC3)cc21. The molecular formula is C27H36N4O3. The number of hydrogen-bond donors (Lipinski definition) is 1. The van der Waals surface area contributed by atoms with E-state index in [-0.39, 0.29) is 5.91 Å². The van der Waals surface area contributed by atoms with Crippen LogP contribution in [0.15, 0.2) is 42.5 Å². The molecule has 0 radical (unpaired) electrons. The van der Waals surface area contributed by atoms with Crippen LogP contribution in [0.5, 0.6) is 0 Å². The van der Waals surface area contributed by atoms with Gasteiger partial charge in [0, 0.05) is 71.6 Å². The molecular weight excluding hydrogens is 428 g/mol. The first-order valence-corrected chi connectivity index (χ1v) is 12.5. The molecule has 3 aliphatic rings. The van der Waals surface area contributed by atoms with Gasteiger partial charge in [-0.15, -0.1) is 0 Å². The van der Waals surface area contributed by atoms with E-state index in [0.717, 1.165) is 70.2 Å². The van der Waals surface area contributed by atoms with E-state index in [1.807, 2.05) is 11.0 Å². The smallest absolute Gasteiger partial charge is 0.256 e. The van der Waals surface area contributed by atoms with Gasteiger partial charge >= 0.3 is 0 Å². The number of nitrogens with zero attached hydrogens (tertiary/aromatic N) is 4. The highest BCUT2D eigenvalue weighted by atomic mass is 16.5. The van der Waals surface area contributed by atoms with Crippen molar-refractivity contribution in [1.82, 2.24) is 14.7 Å². The normalized spacial score (nSPS) is 20.6. The fourth-order valence-electron chi connectivity index (χ4n) is 5.35. The highest BCUT2D eigenvalue weighted by molar-refractivity contribution is 6.00. The second kappa shape index (κ2) is 10.4. The van der Waals surface area contributed by atoms with Gasteiger partial charge in [-0.25, -0.2) is 0 Å². The van der Waals surface area contributed by atoms with Crippen LogP contribution in [0.2, 0.25) is 0 Å². The van der Waals surface area contributed by atoms with Gasteiger partial charge in [0.25, 0.3) is 5.91 Å². The van der Waals surface area contributed by atoms with Crippen molar-refractivity contribution in [3.63, 3.8) is 0 Å². The van der Waals surface area contributed by atoms with Crippen LogP contribution >= 0.6 is 0 Å². The Morgan fingerprint density at radius 2 is 1.74 bits per heavy atom. The predicted octanol–water partition coefficient (Wildman–Crippen LogP) is 1.83. The fourth-order valence-corrected chi connectivity index (χ4v) is 5.35. The van der Waals surface area contributed by atoms with Crippen molar-refractivity contribution in [2.45, 2.75) is 25.6 Å². The van der Waals surface area contributed by atoms with Gasteiger partial charge in [-0.1, -0.05) is 30.3 Å². The van der Waals surface area contributed by atoms with Gasteiger partial charge < -0.3 is 19.6 Å². The lowest BCUT2D eigenvalue weighted by Gasteiger charge is -2.32. The molecule has 3 aliphatic heterocycles. The number of morpholine rings is 1. The number of carbonyl (C=O) groups is 1. The molecule has 2 aromatic rings. The molecule has 0 aromatic heterocycles. The van der Waals surface area contributed by atoms with Crippen LogP contribution < -0.4 is 4.90 Å². The number of anilines is 1. The molecule has 0 bridgehead atoms. The van der Waals surface area contributed by atoms with Crippen molar-refractivity contribution in [2.24, 2.45) is 0 Å². The average Bonchev–Trinajstić information content (AvgIpc) is 2.96. The van der Waals surface area contributed by atoms with E-state index in [1.165, 1.54) is 16.7 Å². The monoisotopic (exact) mass is 464 g/mol. The number of carbonyl (C=O) groups excluding carboxylic acids is 1. The lowest BCUT2D eigenvalue weighted by Crippen LogP contribution is -2.44. The number of rotatable bonds is 6. The lowest BCUT2D eigenvalue weighted by molar-refractivity contribution is 0.0342. The molecule has 0 unspecified atom stereocenters. The van der Waals surface area contributed by atoms with Crippen molar-refractivity contribution < 1.29 is 14.6 Å². The van der Waals surface area contributed by atoms with Crippen LogP contribution in [-0.4, -0.2) is 97.9 Å². The first-order chi connectivity index (χ1) is 16.6. The molecule has 1 N–H and O–H groups in total. The van der Waals surface area contributed by atoms with Crippen molar-refractivity contribution in [1.29, 1.82) is 0 Å². The maximum Gasteiger partial charge on any atom is 0.256 e. The molecule has 182 valence electrons. The Balaban J connectivity index is 1.22. The Morgan fingerprint density at radius 3 is 2.56 bits per heavy atom. The number of aliphatic hydroxyl groups is 1. The molecule has 7 nitrogen and oxygen atoms in total. The fraction of sp³-hybridized carbons (Fsp3) is 0.519. The lowest BCUT2D eigenvalue weighted by atomic mass is 10.00. The summed E-state index contributed by atoms with van der Waals surface area (Å²) in [5, 5.41) is 10.9. The predicted molar refractivity (Wildman–Crippen MR) is 133 cm³/mol. The number of aliphatic hydroxyl groups excluding tert-OH is 1. The summed E-state index contributed by atoms with van der Waals surface area (Å²) in [6.45, 7) is 8.44. The highest BCUT2D eigenvalue weighted by Gasteiger charge is 2.28. The molecule has 7 heteroatoms. The number of amides is 1. The summed E-state index contributed by atoms with van der Waals surface area (Å²) in [6.07, 6.45) is 0.443. The first kappa shape index (κ1) is 23.3. The summed E-state index contributed by atoms with van der Waals surface area (Å²) in [6, 6.07) is 14.7. The molecule has 2 aromatic carbocycles.